The van der Waals surface area contributed by atoms with Gasteiger partial charge in [0.2, 0.25) is 0 Å². The van der Waals surface area contributed by atoms with Crippen LogP contribution in [0.15, 0.2) is 58.1 Å². The van der Waals surface area contributed by atoms with Crippen molar-refractivity contribution in [1.82, 2.24) is 9.38 Å². The zero-order chi connectivity index (χ0) is 17.8. The molecule has 0 aliphatic rings. The monoisotopic (exact) mass is 402 g/mol. The minimum atomic E-state index is -0.686. The highest BCUT2D eigenvalue weighted by atomic mass is 79.9. The minimum absolute atomic E-state index is 0.109. The summed E-state index contributed by atoms with van der Waals surface area (Å²) in [6.45, 7) is 2.18. The molecular formula is C18H15BrN2O4. The minimum Gasteiger partial charge on any atom is -0.485 e. The Balaban J connectivity index is 1.95. The van der Waals surface area contributed by atoms with Crippen molar-refractivity contribution in [2.24, 2.45) is 0 Å². The third-order valence-electron chi connectivity index (χ3n) is 3.53. The Morgan fingerprint density at radius 2 is 2.04 bits per heavy atom. The topological polar surface area (TPSA) is 69.9 Å². The molecule has 2 aromatic heterocycles. The number of hydrogen-bond donors (Lipinski definition) is 0. The number of aromatic nitrogens is 2. The van der Waals surface area contributed by atoms with Crippen LogP contribution in [-0.2, 0) is 11.3 Å². The summed E-state index contributed by atoms with van der Waals surface area (Å²) in [6, 6.07) is 11.1. The van der Waals surface area contributed by atoms with Crippen molar-refractivity contribution in [1.29, 1.82) is 0 Å². The molecule has 6 nitrogen and oxygen atoms in total. The van der Waals surface area contributed by atoms with Crippen molar-refractivity contribution >= 4 is 27.5 Å². The number of fused-ring (bicyclic) bond motifs is 1. The smallest absolute Gasteiger partial charge is 0.345 e. The van der Waals surface area contributed by atoms with Gasteiger partial charge in [-0.15, -0.1) is 0 Å². The Morgan fingerprint density at radius 3 is 2.80 bits per heavy atom. The Kier molecular flexibility index (Phi) is 5.14. The van der Waals surface area contributed by atoms with Crippen molar-refractivity contribution in [3.63, 3.8) is 0 Å². The predicted molar refractivity (Wildman–Crippen MR) is 95.9 cm³/mol. The summed E-state index contributed by atoms with van der Waals surface area (Å²) in [7, 11) is 0. The highest BCUT2D eigenvalue weighted by Crippen LogP contribution is 2.21. The molecule has 0 atom stereocenters. The van der Waals surface area contributed by atoms with Crippen LogP contribution in [0, 0.1) is 0 Å². The summed E-state index contributed by atoms with van der Waals surface area (Å²) in [5.74, 6) is -0.236. The molecular weight excluding hydrogens is 388 g/mol. The summed E-state index contributed by atoms with van der Waals surface area (Å²) in [6.07, 6.45) is 2.76. The van der Waals surface area contributed by atoms with Gasteiger partial charge in [-0.3, -0.25) is 9.20 Å². The molecule has 7 heteroatoms. The number of esters is 1. The van der Waals surface area contributed by atoms with Gasteiger partial charge in [0.25, 0.3) is 5.56 Å². The third-order valence-corrected chi connectivity index (χ3v) is 4.31. The second-order valence-corrected chi connectivity index (χ2v) is 6.00. The number of benzene rings is 1. The first kappa shape index (κ1) is 17.2. The standard InChI is InChI=1S/C18H15BrN2O4/c1-2-24-18(23)13-10-20-16-15(8-5-9-21(16)17(13)22)25-11-12-6-3-4-7-14(12)19/h3-10H,2,11H2,1H3. The Hall–Kier alpha value is -2.67. The fourth-order valence-electron chi connectivity index (χ4n) is 2.31. The van der Waals surface area contributed by atoms with Crippen LogP contribution in [0.4, 0.5) is 0 Å². The molecule has 0 saturated heterocycles. The second kappa shape index (κ2) is 7.48. The van der Waals surface area contributed by atoms with Crippen molar-refractivity contribution in [3.8, 4) is 5.75 Å². The Labute approximate surface area is 152 Å². The van der Waals surface area contributed by atoms with E-state index in [9.17, 15) is 9.59 Å². The first-order valence-electron chi connectivity index (χ1n) is 7.65. The van der Waals surface area contributed by atoms with E-state index in [2.05, 4.69) is 20.9 Å². The van der Waals surface area contributed by atoms with Gasteiger partial charge in [-0.25, -0.2) is 9.78 Å². The van der Waals surface area contributed by atoms with E-state index < -0.39 is 11.5 Å². The first-order chi connectivity index (χ1) is 12.1. The largest absolute Gasteiger partial charge is 0.485 e. The molecule has 2 heterocycles. The van der Waals surface area contributed by atoms with E-state index in [1.807, 2.05) is 24.3 Å². The van der Waals surface area contributed by atoms with Gasteiger partial charge in [0.15, 0.2) is 11.4 Å². The fourth-order valence-corrected chi connectivity index (χ4v) is 2.71. The highest BCUT2D eigenvalue weighted by Gasteiger charge is 2.16. The lowest BCUT2D eigenvalue weighted by Crippen LogP contribution is -2.24. The van der Waals surface area contributed by atoms with E-state index in [0.29, 0.717) is 18.0 Å². The average molecular weight is 403 g/mol. The van der Waals surface area contributed by atoms with Gasteiger partial charge < -0.3 is 9.47 Å². The lowest BCUT2D eigenvalue weighted by molar-refractivity contribution is 0.0523. The summed E-state index contributed by atoms with van der Waals surface area (Å²) in [4.78, 5) is 28.5. The van der Waals surface area contributed by atoms with Crippen LogP contribution < -0.4 is 10.3 Å². The normalized spacial score (nSPS) is 10.6. The molecule has 0 aliphatic heterocycles. The molecule has 0 amide bonds. The molecule has 0 radical (unpaired) electrons. The highest BCUT2D eigenvalue weighted by molar-refractivity contribution is 9.10. The lowest BCUT2D eigenvalue weighted by atomic mass is 10.2. The lowest BCUT2D eigenvalue weighted by Gasteiger charge is -2.11. The van der Waals surface area contributed by atoms with Crippen LogP contribution in [0.2, 0.25) is 0 Å². The number of ether oxygens (including phenoxy) is 2. The van der Waals surface area contributed by atoms with Crippen molar-refractivity contribution in [3.05, 3.63) is 74.7 Å². The van der Waals surface area contributed by atoms with E-state index in [1.165, 1.54) is 10.6 Å². The van der Waals surface area contributed by atoms with Crippen molar-refractivity contribution in [2.75, 3.05) is 6.61 Å². The van der Waals surface area contributed by atoms with Gasteiger partial charge in [-0.1, -0.05) is 34.1 Å². The maximum atomic E-state index is 12.5. The molecule has 0 unspecified atom stereocenters. The van der Waals surface area contributed by atoms with Crippen molar-refractivity contribution < 1.29 is 14.3 Å². The molecule has 25 heavy (non-hydrogen) atoms. The van der Waals surface area contributed by atoms with E-state index in [-0.39, 0.29) is 12.2 Å². The average Bonchev–Trinajstić information content (AvgIpc) is 2.61. The molecule has 0 fully saturated rings. The summed E-state index contributed by atoms with van der Waals surface area (Å²) in [5.41, 5.74) is 0.708. The molecule has 1 aromatic carbocycles. The fraction of sp³-hybridized carbons (Fsp3) is 0.167. The molecule has 3 rings (SSSR count). The Morgan fingerprint density at radius 1 is 1.24 bits per heavy atom. The van der Waals surface area contributed by atoms with E-state index >= 15 is 0 Å². The number of carbonyl (C=O) groups excluding carboxylic acids is 1. The quantitative estimate of drug-likeness (QED) is 0.612. The molecule has 3 aromatic rings. The van der Waals surface area contributed by atoms with Crippen LogP contribution in [0.25, 0.3) is 5.65 Å². The molecule has 0 spiro atoms. The number of nitrogens with zero attached hydrogens (tertiary/aromatic N) is 2. The van der Waals surface area contributed by atoms with Crippen LogP contribution in [-0.4, -0.2) is 22.0 Å². The molecule has 0 aliphatic carbocycles. The summed E-state index contributed by atoms with van der Waals surface area (Å²) < 4.78 is 12.9. The van der Waals surface area contributed by atoms with Crippen LogP contribution in [0.5, 0.6) is 5.75 Å². The zero-order valence-corrected chi connectivity index (χ0v) is 15.0. The summed E-state index contributed by atoms with van der Waals surface area (Å²) in [5, 5.41) is 0. The molecule has 0 saturated carbocycles. The summed E-state index contributed by atoms with van der Waals surface area (Å²) >= 11 is 3.47. The van der Waals surface area contributed by atoms with Gasteiger partial charge in [-0.2, -0.15) is 0 Å². The van der Waals surface area contributed by atoms with Crippen LogP contribution >= 0.6 is 15.9 Å². The number of hydrogen-bond acceptors (Lipinski definition) is 5. The number of pyridine rings is 1. The van der Waals surface area contributed by atoms with E-state index in [1.54, 1.807) is 25.3 Å². The van der Waals surface area contributed by atoms with E-state index in [4.69, 9.17) is 9.47 Å². The van der Waals surface area contributed by atoms with Gasteiger partial charge >= 0.3 is 5.97 Å². The Bertz CT molecular complexity index is 984. The van der Waals surface area contributed by atoms with Gasteiger partial charge in [0.1, 0.15) is 12.2 Å². The zero-order valence-electron chi connectivity index (χ0n) is 13.4. The van der Waals surface area contributed by atoms with Crippen LogP contribution in [0.1, 0.15) is 22.8 Å². The SMILES string of the molecule is CCOC(=O)c1cnc2c(OCc3ccccc3Br)cccn2c1=O. The molecule has 0 bridgehead atoms. The van der Waals surface area contributed by atoms with Crippen LogP contribution in [0.3, 0.4) is 0 Å². The number of halogens is 1. The predicted octanol–water partition coefficient (Wildman–Crippen LogP) is 3.21. The third kappa shape index (κ3) is 3.56. The molecule has 128 valence electrons. The van der Waals surface area contributed by atoms with E-state index in [0.717, 1.165) is 10.0 Å². The maximum absolute atomic E-state index is 12.5. The number of rotatable bonds is 5. The van der Waals surface area contributed by atoms with Crippen molar-refractivity contribution in [2.45, 2.75) is 13.5 Å². The second-order valence-electron chi connectivity index (χ2n) is 5.14. The first-order valence-corrected chi connectivity index (χ1v) is 8.45. The van der Waals surface area contributed by atoms with Gasteiger partial charge in [0, 0.05) is 22.4 Å². The van der Waals surface area contributed by atoms with Gasteiger partial charge in [0.05, 0.1) is 6.61 Å². The number of carbonyl (C=O) groups is 1. The molecule has 0 N–H and O–H groups in total. The van der Waals surface area contributed by atoms with Gasteiger partial charge in [-0.05, 0) is 25.1 Å². The maximum Gasteiger partial charge on any atom is 0.345 e.